The van der Waals surface area contributed by atoms with Gasteiger partial charge in [0.2, 0.25) is 11.8 Å². The first kappa shape index (κ1) is 21.6. The van der Waals surface area contributed by atoms with Crippen molar-refractivity contribution in [1.29, 1.82) is 0 Å². The quantitative estimate of drug-likeness (QED) is 0.612. The summed E-state index contributed by atoms with van der Waals surface area (Å²) < 4.78 is 7.12. The fourth-order valence-corrected chi connectivity index (χ4v) is 4.42. The summed E-state index contributed by atoms with van der Waals surface area (Å²) in [6, 6.07) is 6.24. The van der Waals surface area contributed by atoms with Crippen LogP contribution in [0.4, 0.5) is 4.79 Å². The van der Waals surface area contributed by atoms with Crippen LogP contribution in [0.25, 0.3) is 5.69 Å². The van der Waals surface area contributed by atoms with Gasteiger partial charge in [0.25, 0.3) is 0 Å². The van der Waals surface area contributed by atoms with Crippen molar-refractivity contribution in [3.05, 3.63) is 35.1 Å². The van der Waals surface area contributed by atoms with E-state index in [1.807, 2.05) is 16.7 Å². The van der Waals surface area contributed by atoms with Crippen molar-refractivity contribution in [3.63, 3.8) is 0 Å². The number of hydrogen-bond acceptors (Lipinski definition) is 7. The van der Waals surface area contributed by atoms with Crippen LogP contribution in [0, 0.1) is 0 Å². The second-order valence-electron chi connectivity index (χ2n) is 7.12. The first-order valence-corrected chi connectivity index (χ1v) is 11.1. The first-order valence-electron chi connectivity index (χ1n) is 9.78. The van der Waals surface area contributed by atoms with E-state index in [2.05, 4.69) is 20.8 Å². The molecule has 0 aliphatic carbocycles. The zero-order valence-corrected chi connectivity index (χ0v) is 18.1. The molecular weight excluding hydrogens is 444 g/mol. The molecule has 2 aliphatic heterocycles. The molecule has 1 unspecified atom stereocenters. The van der Waals surface area contributed by atoms with Crippen LogP contribution in [0.1, 0.15) is 12.2 Å². The third-order valence-electron chi connectivity index (χ3n) is 4.92. The Bertz CT molecular complexity index is 960. The second kappa shape index (κ2) is 9.67. The highest BCUT2D eigenvalue weighted by Crippen LogP contribution is 2.25. The van der Waals surface area contributed by atoms with E-state index in [-0.39, 0.29) is 24.0 Å². The minimum absolute atomic E-state index is 0.0109. The van der Waals surface area contributed by atoms with Crippen molar-refractivity contribution in [2.24, 2.45) is 0 Å². The molecule has 2 saturated heterocycles. The van der Waals surface area contributed by atoms with Crippen LogP contribution in [0.3, 0.4) is 0 Å². The van der Waals surface area contributed by atoms with Crippen molar-refractivity contribution in [3.8, 4) is 5.69 Å². The molecule has 10 nitrogen and oxygen atoms in total. The smallest absolute Gasteiger partial charge is 0.321 e. The number of nitrogens with zero attached hydrogens (tertiary/aromatic N) is 4. The van der Waals surface area contributed by atoms with Crippen molar-refractivity contribution < 1.29 is 19.1 Å². The monoisotopic (exact) mass is 464 g/mol. The number of morpholine rings is 1. The predicted molar refractivity (Wildman–Crippen MR) is 113 cm³/mol. The van der Waals surface area contributed by atoms with E-state index < -0.39 is 12.1 Å². The molecule has 12 heteroatoms. The van der Waals surface area contributed by atoms with Crippen LogP contribution in [0.2, 0.25) is 5.02 Å². The average Bonchev–Trinajstić information content (AvgIpc) is 3.14. The number of ether oxygens (including phenoxy) is 1. The fraction of sp³-hybridized carbons (Fsp3) is 0.421. The molecule has 2 fully saturated rings. The molecule has 1 aromatic carbocycles. The average molecular weight is 465 g/mol. The number of benzene rings is 1. The third kappa shape index (κ3) is 5.35. The second-order valence-corrected chi connectivity index (χ2v) is 8.50. The molecule has 31 heavy (non-hydrogen) atoms. The number of urea groups is 1. The van der Waals surface area contributed by atoms with Gasteiger partial charge in [0.05, 0.1) is 19.0 Å². The van der Waals surface area contributed by atoms with E-state index in [4.69, 9.17) is 16.3 Å². The van der Waals surface area contributed by atoms with E-state index >= 15 is 0 Å². The summed E-state index contributed by atoms with van der Waals surface area (Å²) in [4.78, 5) is 37.7. The van der Waals surface area contributed by atoms with Crippen LogP contribution in [-0.4, -0.2) is 75.6 Å². The molecule has 4 amide bonds. The van der Waals surface area contributed by atoms with E-state index in [0.717, 1.165) is 5.69 Å². The summed E-state index contributed by atoms with van der Waals surface area (Å²) in [5.41, 5.74) is 0.775. The van der Waals surface area contributed by atoms with Crippen LogP contribution >= 0.6 is 23.4 Å². The van der Waals surface area contributed by atoms with E-state index in [0.29, 0.717) is 48.7 Å². The lowest BCUT2D eigenvalue weighted by molar-refractivity contribution is -0.132. The normalized spacial score (nSPS) is 19.1. The van der Waals surface area contributed by atoms with Gasteiger partial charge in [-0.3, -0.25) is 19.5 Å². The minimum Gasteiger partial charge on any atom is -0.378 e. The summed E-state index contributed by atoms with van der Waals surface area (Å²) >= 11 is 7.32. The van der Waals surface area contributed by atoms with Gasteiger partial charge in [-0.05, 0) is 24.3 Å². The largest absolute Gasteiger partial charge is 0.378 e. The van der Waals surface area contributed by atoms with Crippen LogP contribution in [-0.2, 0) is 20.7 Å². The number of halogens is 1. The molecule has 0 spiro atoms. The molecule has 0 saturated carbocycles. The fourth-order valence-electron chi connectivity index (χ4n) is 3.42. The number of imide groups is 1. The Morgan fingerprint density at radius 3 is 2.65 bits per heavy atom. The zero-order chi connectivity index (χ0) is 21.8. The van der Waals surface area contributed by atoms with Gasteiger partial charge in [-0.1, -0.05) is 23.4 Å². The van der Waals surface area contributed by atoms with Gasteiger partial charge in [0, 0.05) is 42.7 Å². The Labute approximate surface area is 187 Å². The molecule has 3 heterocycles. The molecule has 4 rings (SSSR count). The predicted octanol–water partition coefficient (Wildman–Crippen LogP) is 1.01. The Kier molecular flexibility index (Phi) is 6.73. The molecule has 0 radical (unpaired) electrons. The van der Waals surface area contributed by atoms with Crippen molar-refractivity contribution >= 4 is 41.2 Å². The van der Waals surface area contributed by atoms with Crippen LogP contribution in [0.5, 0.6) is 0 Å². The topological polar surface area (TPSA) is 118 Å². The molecule has 2 aliphatic rings. The number of amides is 4. The number of aromatic nitrogens is 3. The highest BCUT2D eigenvalue weighted by molar-refractivity contribution is 7.99. The highest BCUT2D eigenvalue weighted by Gasteiger charge is 2.27. The van der Waals surface area contributed by atoms with Gasteiger partial charge in [-0.15, -0.1) is 10.2 Å². The minimum atomic E-state index is -0.524. The first-order chi connectivity index (χ1) is 15.0. The summed E-state index contributed by atoms with van der Waals surface area (Å²) in [6.45, 7) is 2.25. The van der Waals surface area contributed by atoms with Crippen LogP contribution in [0.15, 0.2) is 29.4 Å². The Morgan fingerprint density at radius 1 is 1.19 bits per heavy atom. The summed E-state index contributed by atoms with van der Waals surface area (Å²) in [6.07, 6.45) is 0.462. The molecular formula is C19H21ClN6O4S. The number of thioether (sulfide) groups is 1. The lowest BCUT2D eigenvalue weighted by Crippen LogP contribution is -2.53. The third-order valence-corrected chi connectivity index (χ3v) is 6.09. The SMILES string of the molecule is O=C1CC(Cc2nnc(SCC(=O)N3CCOCC3)n2-c2ccc(Cl)cc2)NC(=O)N1. The lowest BCUT2D eigenvalue weighted by Gasteiger charge is -2.26. The molecule has 164 valence electrons. The maximum Gasteiger partial charge on any atom is 0.321 e. The van der Waals surface area contributed by atoms with Crippen LogP contribution < -0.4 is 10.6 Å². The molecule has 1 aromatic heterocycles. The molecule has 1 atom stereocenters. The van der Waals surface area contributed by atoms with Gasteiger partial charge in [0.15, 0.2) is 5.16 Å². The Morgan fingerprint density at radius 2 is 1.94 bits per heavy atom. The van der Waals surface area contributed by atoms with Gasteiger partial charge >= 0.3 is 6.03 Å². The van der Waals surface area contributed by atoms with E-state index in [9.17, 15) is 14.4 Å². The maximum atomic E-state index is 12.5. The maximum absolute atomic E-state index is 12.5. The van der Waals surface area contributed by atoms with Crippen molar-refractivity contribution in [2.45, 2.75) is 24.0 Å². The van der Waals surface area contributed by atoms with Crippen molar-refractivity contribution in [1.82, 2.24) is 30.3 Å². The van der Waals surface area contributed by atoms with Crippen molar-refractivity contribution in [2.75, 3.05) is 32.1 Å². The summed E-state index contributed by atoms with van der Waals surface area (Å²) in [5, 5.41) is 14.6. The van der Waals surface area contributed by atoms with E-state index in [1.165, 1.54) is 11.8 Å². The van der Waals surface area contributed by atoms with Gasteiger partial charge in [-0.25, -0.2) is 4.79 Å². The van der Waals surface area contributed by atoms with Gasteiger partial charge in [-0.2, -0.15) is 0 Å². The Balaban J connectivity index is 1.54. The lowest BCUT2D eigenvalue weighted by atomic mass is 10.1. The number of nitrogens with one attached hydrogen (secondary N) is 2. The molecule has 0 bridgehead atoms. The number of carbonyl (C=O) groups excluding carboxylic acids is 3. The number of rotatable bonds is 6. The van der Waals surface area contributed by atoms with E-state index in [1.54, 1.807) is 17.0 Å². The standard InChI is InChI=1S/C19H21ClN6O4S/c20-12-1-3-14(4-2-12)26-15(9-13-10-16(27)22-18(29)21-13)23-24-19(26)31-11-17(28)25-5-7-30-8-6-25/h1-4,13H,5-11H2,(H2,21,22,27,29). The molecule has 2 aromatic rings. The zero-order valence-electron chi connectivity index (χ0n) is 16.5. The highest BCUT2D eigenvalue weighted by atomic mass is 35.5. The summed E-state index contributed by atoms with van der Waals surface area (Å²) in [5.74, 6) is 0.464. The Hall–Kier alpha value is -2.63. The van der Waals surface area contributed by atoms with Gasteiger partial charge in [0.1, 0.15) is 5.82 Å². The number of hydrogen-bond donors (Lipinski definition) is 2. The summed E-state index contributed by atoms with van der Waals surface area (Å²) in [7, 11) is 0. The molecule has 2 N–H and O–H groups in total. The van der Waals surface area contributed by atoms with Gasteiger partial charge < -0.3 is 15.0 Å². The number of carbonyl (C=O) groups is 3.